The van der Waals surface area contributed by atoms with Crippen molar-refractivity contribution < 1.29 is 19.1 Å². The van der Waals surface area contributed by atoms with Crippen LogP contribution in [0.3, 0.4) is 0 Å². The van der Waals surface area contributed by atoms with Gasteiger partial charge in [-0.2, -0.15) is 0 Å². The van der Waals surface area contributed by atoms with Gasteiger partial charge < -0.3 is 9.47 Å². The molecule has 1 amide bonds. The zero-order chi connectivity index (χ0) is 17.8. The summed E-state index contributed by atoms with van der Waals surface area (Å²) in [4.78, 5) is 26.1. The van der Waals surface area contributed by atoms with Crippen LogP contribution in [0, 0.1) is 24.2 Å². The number of hydrogen-bond acceptors (Lipinski definition) is 5. The van der Waals surface area contributed by atoms with Gasteiger partial charge in [0.2, 0.25) is 0 Å². The Morgan fingerprint density at radius 1 is 1.40 bits per heavy atom. The van der Waals surface area contributed by atoms with Gasteiger partial charge in [-0.3, -0.25) is 10.2 Å². The molecule has 1 aromatic rings. The van der Waals surface area contributed by atoms with Crippen LogP contribution in [0.25, 0.3) is 0 Å². The van der Waals surface area contributed by atoms with Crippen molar-refractivity contribution in [3.63, 3.8) is 0 Å². The summed E-state index contributed by atoms with van der Waals surface area (Å²) in [7, 11) is 1.30. The molecule has 4 unspecified atom stereocenters. The molecule has 3 heterocycles. The molecule has 6 nitrogen and oxygen atoms in total. The standard InChI is InChI=1S/C19H22N2O4/c1-3-13-11-21-9-8-14(13)10-15(21)12-25-19(23)20-17-7-5-4-6-16(17)18(22)24-2/h1,4-7,13-15H,8-12H2,2H3,(H,20,23). The van der Waals surface area contributed by atoms with E-state index in [0.29, 0.717) is 29.7 Å². The third-order valence-electron chi connectivity index (χ3n) is 5.07. The second-order valence-electron chi connectivity index (χ2n) is 6.47. The maximum absolute atomic E-state index is 12.1. The fraction of sp³-hybridized carbons (Fsp3) is 0.474. The first-order chi connectivity index (χ1) is 12.1. The maximum atomic E-state index is 12.1. The first kappa shape index (κ1) is 17.3. The molecule has 6 heteroatoms. The lowest BCUT2D eigenvalue weighted by atomic mass is 9.76. The SMILES string of the molecule is C#CC1CN2CCC1CC2COC(=O)Nc1ccccc1C(=O)OC. The molecule has 3 aliphatic heterocycles. The lowest BCUT2D eigenvalue weighted by Gasteiger charge is -2.48. The zero-order valence-corrected chi connectivity index (χ0v) is 14.2. The molecule has 1 N–H and O–H groups in total. The van der Waals surface area contributed by atoms with E-state index in [0.717, 1.165) is 25.9 Å². The molecule has 0 spiro atoms. The smallest absolute Gasteiger partial charge is 0.411 e. The highest BCUT2D eigenvalue weighted by Gasteiger charge is 2.39. The van der Waals surface area contributed by atoms with Gasteiger partial charge in [-0.15, -0.1) is 12.3 Å². The van der Waals surface area contributed by atoms with Gasteiger partial charge in [0.25, 0.3) is 0 Å². The average Bonchev–Trinajstić information content (AvgIpc) is 2.66. The summed E-state index contributed by atoms with van der Waals surface area (Å²) in [6, 6.07) is 6.87. The van der Waals surface area contributed by atoms with E-state index in [-0.39, 0.29) is 6.04 Å². The molecule has 2 bridgehead atoms. The lowest BCUT2D eigenvalue weighted by molar-refractivity contribution is -0.00665. The van der Waals surface area contributed by atoms with E-state index in [9.17, 15) is 9.59 Å². The number of terminal acetylenes is 1. The summed E-state index contributed by atoms with van der Waals surface area (Å²) >= 11 is 0. The topological polar surface area (TPSA) is 67.9 Å². The number of nitrogens with one attached hydrogen (secondary N) is 1. The molecule has 0 saturated carbocycles. The highest BCUT2D eigenvalue weighted by atomic mass is 16.5. The molecule has 25 heavy (non-hydrogen) atoms. The number of piperidine rings is 3. The van der Waals surface area contributed by atoms with Crippen LogP contribution in [0.5, 0.6) is 0 Å². The molecule has 0 aromatic heterocycles. The number of esters is 1. The summed E-state index contributed by atoms with van der Waals surface area (Å²) in [5, 5.41) is 2.62. The van der Waals surface area contributed by atoms with Crippen LogP contribution in [0.15, 0.2) is 24.3 Å². The van der Waals surface area contributed by atoms with E-state index < -0.39 is 12.1 Å². The van der Waals surface area contributed by atoms with E-state index >= 15 is 0 Å². The Bertz CT molecular complexity index is 697. The van der Waals surface area contributed by atoms with Crippen LogP contribution in [-0.2, 0) is 9.47 Å². The highest BCUT2D eigenvalue weighted by Crippen LogP contribution is 2.35. The molecule has 3 saturated heterocycles. The fourth-order valence-corrected chi connectivity index (χ4v) is 3.70. The van der Waals surface area contributed by atoms with Crippen LogP contribution in [0.4, 0.5) is 10.5 Å². The Morgan fingerprint density at radius 2 is 2.20 bits per heavy atom. The molecule has 3 fully saturated rings. The van der Waals surface area contributed by atoms with Crippen LogP contribution in [-0.4, -0.2) is 49.8 Å². The number of fused-ring (bicyclic) bond motifs is 3. The van der Waals surface area contributed by atoms with E-state index in [1.165, 1.54) is 7.11 Å². The largest absolute Gasteiger partial charge is 0.465 e. The minimum atomic E-state index is -0.576. The zero-order valence-electron chi connectivity index (χ0n) is 14.2. The number of benzene rings is 1. The minimum Gasteiger partial charge on any atom is -0.465 e. The maximum Gasteiger partial charge on any atom is 0.411 e. The highest BCUT2D eigenvalue weighted by molar-refractivity contribution is 5.99. The number of hydrogen-bond donors (Lipinski definition) is 1. The fourth-order valence-electron chi connectivity index (χ4n) is 3.70. The Hall–Kier alpha value is -2.52. The predicted molar refractivity (Wildman–Crippen MR) is 93.2 cm³/mol. The van der Waals surface area contributed by atoms with E-state index in [1.54, 1.807) is 24.3 Å². The van der Waals surface area contributed by atoms with Crippen molar-refractivity contribution in [1.29, 1.82) is 0 Å². The Labute approximate surface area is 147 Å². The Morgan fingerprint density at radius 3 is 2.88 bits per heavy atom. The summed E-state index contributed by atoms with van der Waals surface area (Å²) < 4.78 is 10.1. The van der Waals surface area contributed by atoms with Gasteiger partial charge >= 0.3 is 12.1 Å². The van der Waals surface area contributed by atoms with Crippen molar-refractivity contribution in [3.05, 3.63) is 29.8 Å². The first-order valence-corrected chi connectivity index (χ1v) is 8.43. The Balaban J connectivity index is 1.55. The number of nitrogens with zero attached hydrogens (tertiary/aromatic N) is 1. The monoisotopic (exact) mass is 342 g/mol. The van der Waals surface area contributed by atoms with E-state index in [4.69, 9.17) is 15.9 Å². The number of anilines is 1. The predicted octanol–water partition coefficient (Wildman–Crippen LogP) is 2.37. The molecular weight excluding hydrogens is 320 g/mol. The summed E-state index contributed by atoms with van der Waals surface area (Å²) in [6.45, 7) is 2.20. The number of amides is 1. The minimum absolute atomic E-state index is 0.213. The van der Waals surface area contributed by atoms with Crippen LogP contribution in [0.2, 0.25) is 0 Å². The quantitative estimate of drug-likeness (QED) is 0.672. The van der Waals surface area contributed by atoms with Crippen molar-refractivity contribution in [2.75, 3.05) is 32.1 Å². The number of carbonyl (C=O) groups excluding carboxylic acids is 2. The second-order valence-corrected chi connectivity index (χ2v) is 6.47. The summed E-state index contributed by atoms with van der Waals surface area (Å²) in [5.74, 6) is 3.19. The molecule has 0 radical (unpaired) electrons. The molecule has 4 atom stereocenters. The van der Waals surface area contributed by atoms with Crippen molar-refractivity contribution in [3.8, 4) is 12.3 Å². The average molecular weight is 342 g/mol. The number of para-hydroxylation sites is 1. The Kier molecular flexibility index (Phi) is 5.25. The van der Waals surface area contributed by atoms with Crippen molar-refractivity contribution in [2.24, 2.45) is 11.8 Å². The summed E-state index contributed by atoms with van der Waals surface area (Å²) in [5.41, 5.74) is 0.663. The molecule has 4 rings (SSSR count). The number of methoxy groups -OCH3 is 1. The van der Waals surface area contributed by atoms with E-state index in [1.807, 2.05) is 0 Å². The van der Waals surface area contributed by atoms with Gasteiger partial charge in [-0.25, -0.2) is 9.59 Å². The third kappa shape index (κ3) is 3.77. The van der Waals surface area contributed by atoms with Crippen LogP contribution in [0.1, 0.15) is 23.2 Å². The van der Waals surface area contributed by atoms with Crippen molar-refractivity contribution in [1.82, 2.24) is 4.90 Å². The molecule has 1 aromatic carbocycles. The second kappa shape index (κ2) is 7.58. The van der Waals surface area contributed by atoms with Crippen LogP contribution < -0.4 is 5.32 Å². The molecule has 0 aliphatic carbocycles. The van der Waals surface area contributed by atoms with Gasteiger partial charge in [0.15, 0.2) is 0 Å². The molecule has 3 aliphatic rings. The first-order valence-electron chi connectivity index (χ1n) is 8.43. The van der Waals surface area contributed by atoms with Crippen molar-refractivity contribution in [2.45, 2.75) is 18.9 Å². The van der Waals surface area contributed by atoms with Crippen molar-refractivity contribution >= 4 is 17.7 Å². The number of carbonyl (C=O) groups is 2. The summed E-state index contributed by atoms with van der Waals surface area (Å²) in [6.07, 6.45) is 7.08. The van der Waals surface area contributed by atoms with E-state index in [2.05, 4.69) is 16.1 Å². The molecular formula is C19H22N2O4. The number of ether oxygens (including phenoxy) is 2. The normalized spacial score (nSPS) is 27.2. The van der Waals surface area contributed by atoms with Gasteiger partial charge in [0.05, 0.1) is 18.4 Å². The number of rotatable bonds is 4. The van der Waals surface area contributed by atoms with Gasteiger partial charge in [-0.1, -0.05) is 12.1 Å². The van der Waals surface area contributed by atoms with Gasteiger partial charge in [0, 0.05) is 18.5 Å². The van der Waals surface area contributed by atoms with Gasteiger partial charge in [-0.05, 0) is 37.4 Å². The molecule has 132 valence electrons. The van der Waals surface area contributed by atoms with Crippen LogP contribution >= 0.6 is 0 Å². The lowest BCUT2D eigenvalue weighted by Crippen LogP contribution is -2.54. The van der Waals surface area contributed by atoms with Gasteiger partial charge in [0.1, 0.15) is 6.61 Å². The third-order valence-corrected chi connectivity index (χ3v) is 5.07.